The molecular weight excluding hydrogens is 883 g/mol. The van der Waals surface area contributed by atoms with Gasteiger partial charge in [0.25, 0.3) is 6.47 Å². The number of hydrogen-bond acceptors (Lipinski definition) is 14. The number of likely N-dealkylation sites (N-methyl/N-ethyl adjacent to an activating group) is 1. The minimum absolute atomic E-state index is 0.0183. The number of carbonyl (C=O) groups excluding carboxylic acids is 1. The second-order valence-corrected chi connectivity index (χ2v) is 17.0. The van der Waals surface area contributed by atoms with Crippen LogP contribution in [-0.2, 0) is 22.6 Å². The van der Waals surface area contributed by atoms with Crippen LogP contribution in [0.1, 0.15) is 11.3 Å². The molecule has 3 aliphatic rings. The van der Waals surface area contributed by atoms with Crippen LogP contribution >= 0.6 is 34.5 Å². The van der Waals surface area contributed by atoms with Crippen molar-refractivity contribution in [1.82, 2.24) is 29.7 Å². The second-order valence-electron chi connectivity index (χ2n) is 15.2. The number of methoxy groups -OCH3 is 1. The van der Waals surface area contributed by atoms with Gasteiger partial charge in [-0.1, -0.05) is 47.5 Å². The molecule has 0 spiro atoms. The fraction of sp³-hybridized carbons (Fsp3) is 0.255. The third kappa shape index (κ3) is 9.54. The number of nitrogens with zero attached hydrogens (tertiary/aromatic N) is 6. The number of piperazine rings is 1. The molecule has 0 unspecified atom stereocenters. The first kappa shape index (κ1) is 43.2. The van der Waals surface area contributed by atoms with E-state index in [0.717, 1.165) is 36.6 Å². The summed E-state index contributed by atoms with van der Waals surface area (Å²) in [5.74, 6) is 2.14. The number of carbonyl (C=O) groups is 1. The Morgan fingerprint density at radius 1 is 0.906 bits per heavy atom. The summed E-state index contributed by atoms with van der Waals surface area (Å²) in [6.45, 7) is 4.60. The molecule has 0 amide bonds. The molecule has 10 rings (SSSR count). The fourth-order valence-electron chi connectivity index (χ4n) is 7.71. The molecule has 0 N–H and O–H groups in total. The minimum Gasteiger partial charge on any atom is -0.496 e. The Morgan fingerprint density at radius 3 is 2.48 bits per heavy atom. The van der Waals surface area contributed by atoms with Crippen LogP contribution in [0.3, 0.4) is 0 Å². The molecule has 0 aliphatic carbocycles. The van der Waals surface area contributed by atoms with Crippen LogP contribution < -0.4 is 23.7 Å². The number of fused-ring (bicyclic) bond motifs is 7. The van der Waals surface area contributed by atoms with Crippen LogP contribution in [0, 0.1) is 5.82 Å². The number of ether oxygens (including phenoxy) is 6. The third-order valence-corrected chi connectivity index (χ3v) is 12.6. The minimum atomic E-state index is -1.20. The average Bonchev–Trinajstić information content (AvgIpc) is 3.70. The zero-order valence-electron chi connectivity index (χ0n) is 34.7. The van der Waals surface area contributed by atoms with Crippen molar-refractivity contribution in [3.8, 4) is 61.8 Å². The second kappa shape index (κ2) is 19.3. The normalized spacial score (nSPS) is 16.9. The number of aromatic nitrogens is 4. The Balaban J connectivity index is 1.13. The van der Waals surface area contributed by atoms with E-state index >= 15 is 0 Å². The predicted molar refractivity (Wildman–Crippen MR) is 242 cm³/mol. The van der Waals surface area contributed by atoms with Gasteiger partial charge in [0.2, 0.25) is 12.2 Å². The van der Waals surface area contributed by atoms with Crippen LogP contribution in [0.25, 0.3) is 43.2 Å². The van der Waals surface area contributed by atoms with Crippen molar-refractivity contribution < 1.29 is 37.6 Å². The molecule has 2 atom stereocenters. The van der Waals surface area contributed by atoms with E-state index in [4.69, 9.17) is 56.6 Å². The first-order valence-electron chi connectivity index (χ1n) is 20.4. The molecule has 0 radical (unpaired) electrons. The number of halogens is 3. The van der Waals surface area contributed by atoms with Gasteiger partial charge in [-0.05, 0) is 78.8 Å². The van der Waals surface area contributed by atoms with E-state index in [1.807, 2.05) is 30.3 Å². The van der Waals surface area contributed by atoms with Gasteiger partial charge < -0.3 is 33.3 Å². The number of thiophene rings is 1. The molecule has 3 aromatic heterocycles. The maximum atomic E-state index is 14.2. The number of hydrogen-bond donors (Lipinski definition) is 0. The maximum Gasteiger partial charge on any atom is 0.296 e. The lowest BCUT2D eigenvalue weighted by molar-refractivity contribution is -0.147. The summed E-state index contributed by atoms with van der Waals surface area (Å²) < 4.78 is 51.6. The lowest BCUT2D eigenvalue weighted by atomic mass is 9.99. The largest absolute Gasteiger partial charge is 0.496 e. The molecule has 3 aliphatic heterocycles. The zero-order valence-corrected chi connectivity index (χ0v) is 37.0. The Kier molecular flexibility index (Phi) is 13.0. The maximum absolute atomic E-state index is 14.2. The van der Waals surface area contributed by atoms with Crippen molar-refractivity contribution in [3.05, 3.63) is 125 Å². The lowest BCUT2D eigenvalue weighted by Crippen LogP contribution is -2.49. The van der Waals surface area contributed by atoms with Gasteiger partial charge in [-0.25, -0.2) is 24.3 Å². The third-order valence-electron chi connectivity index (χ3n) is 10.9. The van der Waals surface area contributed by atoms with Gasteiger partial charge >= 0.3 is 0 Å². The van der Waals surface area contributed by atoms with Gasteiger partial charge in [0.15, 0.2) is 11.6 Å². The molecule has 64 heavy (non-hydrogen) atoms. The molecule has 1 saturated heterocycles. The average molecular weight is 924 g/mol. The number of rotatable bonds is 10. The van der Waals surface area contributed by atoms with E-state index < -0.39 is 12.4 Å². The topological polar surface area (TPSA) is 130 Å². The SMILES string of the molecule is COc1ccccc1-c1nccc(COc2ccc3cc2C[C@H](OC=O)Oc2ncnc4sc(-c5ccc(F)cc5)c(c24)-c2cc(Cl)c(c(Cl)c2)O[C@H](CN2CCN(C)CC2)CO3)n1. The van der Waals surface area contributed by atoms with Gasteiger partial charge in [0.1, 0.15) is 53.5 Å². The van der Waals surface area contributed by atoms with E-state index in [2.05, 4.69) is 31.8 Å². The molecule has 1 fully saturated rings. The van der Waals surface area contributed by atoms with Gasteiger partial charge in [-0.15, -0.1) is 11.3 Å². The summed E-state index contributed by atoms with van der Waals surface area (Å²) in [4.78, 5) is 36.5. The van der Waals surface area contributed by atoms with Gasteiger partial charge in [0.05, 0.1) is 40.2 Å². The van der Waals surface area contributed by atoms with Crippen molar-refractivity contribution in [2.45, 2.75) is 25.4 Å². The molecule has 13 nitrogen and oxygen atoms in total. The van der Waals surface area contributed by atoms with Crippen LogP contribution in [0.5, 0.6) is 28.9 Å². The van der Waals surface area contributed by atoms with Crippen molar-refractivity contribution in [2.24, 2.45) is 0 Å². The number of para-hydroxylation sites is 1. The highest BCUT2D eigenvalue weighted by atomic mass is 35.5. The zero-order chi connectivity index (χ0) is 44.2. The Morgan fingerprint density at radius 2 is 1.70 bits per heavy atom. The summed E-state index contributed by atoms with van der Waals surface area (Å²) in [7, 11) is 3.70. The highest BCUT2D eigenvalue weighted by Crippen LogP contribution is 2.49. The molecule has 7 aromatic rings. The molecule has 4 aromatic carbocycles. The standard InChI is InChI=1S/C47H41Cl2FN6O7S/c1-55-15-17-56(18-16-55)23-34-25-59-33-11-12-38(60-24-32-13-14-51-45(54-32)35-5-3-4-6-39(35)58-2)29(19-33)22-40(61-27-57)63-46-42-41(30-20-36(48)43(62-34)37(49)21-30)44(64-47(42)53-26-52-46)28-7-9-31(50)10-8-28/h3-14,19-21,26-27,34,40H,15-18,22-25H2,1-2H3/t34-,40-/m1/s1. The summed E-state index contributed by atoms with van der Waals surface area (Å²) in [5.41, 5.74) is 3.91. The first-order valence-corrected chi connectivity index (χ1v) is 22.0. The lowest BCUT2D eigenvalue weighted by Gasteiger charge is -2.34. The highest BCUT2D eigenvalue weighted by molar-refractivity contribution is 7.22. The van der Waals surface area contributed by atoms with Crippen molar-refractivity contribution in [3.63, 3.8) is 0 Å². The molecule has 328 valence electrons. The van der Waals surface area contributed by atoms with Crippen LogP contribution in [0.2, 0.25) is 10.0 Å². The van der Waals surface area contributed by atoms with Crippen molar-refractivity contribution in [1.29, 1.82) is 0 Å². The molecular formula is C47H41Cl2FN6O7S. The van der Waals surface area contributed by atoms with E-state index in [0.29, 0.717) is 80.0 Å². The Hall–Kier alpha value is -6.10. The quantitative estimate of drug-likeness (QED) is 0.121. The van der Waals surface area contributed by atoms with Crippen LogP contribution in [-0.4, -0.2) is 102 Å². The van der Waals surface area contributed by atoms with E-state index in [1.54, 1.807) is 55.8 Å². The Bertz CT molecular complexity index is 2770. The van der Waals surface area contributed by atoms with Crippen LogP contribution in [0.4, 0.5) is 4.39 Å². The molecule has 6 heterocycles. The van der Waals surface area contributed by atoms with E-state index in [1.165, 1.54) is 29.8 Å². The highest BCUT2D eigenvalue weighted by Gasteiger charge is 2.28. The summed E-state index contributed by atoms with van der Waals surface area (Å²) in [5, 5.41) is 1.04. The fourth-order valence-corrected chi connectivity index (χ4v) is 9.44. The molecule has 17 heteroatoms. The van der Waals surface area contributed by atoms with E-state index in [9.17, 15) is 9.18 Å². The van der Waals surface area contributed by atoms with E-state index in [-0.39, 0.29) is 41.4 Å². The summed E-state index contributed by atoms with van der Waals surface area (Å²) in [6.07, 6.45) is 1.35. The van der Waals surface area contributed by atoms with Crippen LogP contribution in [0.15, 0.2) is 97.5 Å². The van der Waals surface area contributed by atoms with Crippen molar-refractivity contribution in [2.75, 3.05) is 53.5 Å². The molecule has 0 saturated carbocycles. The van der Waals surface area contributed by atoms with Gasteiger partial charge in [0, 0.05) is 54.9 Å². The smallest absolute Gasteiger partial charge is 0.296 e. The monoisotopic (exact) mass is 922 g/mol. The first-order chi connectivity index (χ1) is 31.2. The summed E-state index contributed by atoms with van der Waals surface area (Å²) in [6, 6.07) is 24.4. The Labute approximate surface area is 382 Å². The predicted octanol–water partition coefficient (Wildman–Crippen LogP) is 9.02. The summed E-state index contributed by atoms with van der Waals surface area (Å²) >= 11 is 15.6. The number of benzene rings is 4. The van der Waals surface area contributed by atoms with Gasteiger partial charge in [-0.3, -0.25) is 9.69 Å². The molecule has 4 bridgehead atoms. The van der Waals surface area contributed by atoms with Crippen molar-refractivity contribution >= 4 is 51.2 Å². The van der Waals surface area contributed by atoms with Gasteiger partial charge in [-0.2, -0.15) is 0 Å².